The number of hydrogen-bond acceptors (Lipinski definition) is 2. The second-order valence-electron chi connectivity index (χ2n) is 3.07. The van der Waals surface area contributed by atoms with E-state index >= 15 is 0 Å². The summed E-state index contributed by atoms with van der Waals surface area (Å²) in [5, 5.41) is 9.14. The van der Waals surface area contributed by atoms with Crippen LogP contribution in [0.2, 0.25) is 0 Å². The molecule has 0 radical (unpaired) electrons. The van der Waals surface area contributed by atoms with Gasteiger partial charge in [-0.05, 0) is 19.1 Å². The van der Waals surface area contributed by atoms with Gasteiger partial charge in [-0.25, -0.2) is 0 Å². The Morgan fingerprint density at radius 2 is 1.92 bits per heavy atom. The number of nitrogens with zero attached hydrogens (tertiary/aromatic N) is 1. The van der Waals surface area contributed by atoms with Gasteiger partial charge in [0, 0.05) is 19.3 Å². The Bertz CT molecular complexity index is 221. The summed E-state index contributed by atoms with van der Waals surface area (Å²) in [6.45, 7) is 2.46. The molecule has 0 aromatic heterocycles. The van der Waals surface area contributed by atoms with E-state index in [4.69, 9.17) is 5.11 Å². The van der Waals surface area contributed by atoms with E-state index in [0.717, 1.165) is 5.69 Å². The lowest BCUT2D eigenvalue weighted by Gasteiger charge is -2.20. The first-order chi connectivity index (χ1) is 5.70. The first kappa shape index (κ1) is 9.07. The maximum atomic E-state index is 9.14. The van der Waals surface area contributed by atoms with Crippen molar-refractivity contribution in [2.24, 2.45) is 0 Å². The molecule has 66 valence electrons. The summed E-state index contributed by atoms with van der Waals surface area (Å²) in [5.41, 5.74) is 1.14. The number of aliphatic hydroxyl groups excluding tert-OH is 1. The van der Waals surface area contributed by atoms with Crippen molar-refractivity contribution in [1.29, 1.82) is 0 Å². The molecule has 0 aliphatic rings. The topological polar surface area (TPSA) is 23.5 Å². The van der Waals surface area contributed by atoms with E-state index in [1.165, 1.54) is 0 Å². The van der Waals surface area contributed by atoms with Crippen LogP contribution in [-0.4, -0.2) is 24.8 Å². The standard InChI is InChI=1S/C10H15NO/c1-9(12)8-11(2)10-6-4-3-5-7-10/h3-7,9,12H,8H2,1-2H3. The van der Waals surface area contributed by atoms with Crippen molar-refractivity contribution in [3.63, 3.8) is 0 Å². The van der Waals surface area contributed by atoms with Gasteiger partial charge >= 0.3 is 0 Å². The summed E-state index contributed by atoms with van der Waals surface area (Å²) in [7, 11) is 1.97. The SMILES string of the molecule is CC(O)CN(C)c1ccccc1. The van der Waals surface area contributed by atoms with Crippen LogP contribution in [0.3, 0.4) is 0 Å². The molecular formula is C10H15NO. The number of para-hydroxylation sites is 1. The first-order valence-electron chi connectivity index (χ1n) is 4.14. The van der Waals surface area contributed by atoms with Gasteiger partial charge in [-0.2, -0.15) is 0 Å². The highest BCUT2D eigenvalue weighted by atomic mass is 16.3. The molecule has 1 N–H and O–H groups in total. The fraction of sp³-hybridized carbons (Fsp3) is 0.400. The molecule has 0 saturated heterocycles. The van der Waals surface area contributed by atoms with Crippen molar-refractivity contribution in [1.82, 2.24) is 0 Å². The minimum atomic E-state index is -0.282. The predicted molar refractivity (Wildman–Crippen MR) is 51.4 cm³/mol. The molecule has 0 saturated carbocycles. The highest BCUT2D eigenvalue weighted by Crippen LogP contribution is 2.10. The van der Waals surface area contributed by atoms with Crippen LogP contribution in [0, 0.1) is 0 Å². The Morgan fingerprint density at radius 1 is 1.33 bits per heavy atom. The van der Waals surface area contributed by atoms with Gasteiger partial charge < -0.3 is 10.0 Å². The molecule has 0 aliphatic heterocycles. The molecule has 1 aromatic rings. The minimum Gasteiger partial charge on any atom is -0.392 e. The van der Waals surface area contributed by atoms with Gasteiger partial charge in [0.15, 0.2) is 0 Å². The van der Waals surface area contributed by atoms with Gasteiger partial charge in [0.2, 0.25) is 0 Å². The molecule has 1 aromatic carbocycles. The summed E-state index contributed by atoms with van der Waals surface area (Å²) < 4.78 is 0. The summed E-state index contributed by atoms with van der Waals surface area (Å²) in [5.74, 6) is 0. The minimum absolute atomic E-state index is 0.282. The molecule has 1 unspecified atom stereocenters. The largest absolute Gasteiger partial charge is 0.392 e. The van der Waals surface area contributed by atoms with Crippen molar-refractivity contribution in [2.45, 2.75) is 13.0 Å². The average Bonchev–Trinajstić information content (AvgIpc) is 2.05. The lowest BCUT2D eigenvalue weighted by molar-refractivity contribution is 0.201. The van der Waals surface area contributed by atoms with Gasteiger partial charge in [0.05, 0.1) is 6.10 Å². The van der Waals surface area contributed by atoms with Gasteiger partial charge in [0.1, 0.15) is 0 Å². The van der Waals surface area contributed by atoms with Crippen LogP contribution in [0.15, 0.2) is 30.3 Å². The van der Waals surface area contributed by atoms with Crippen molar-refractivity contribution >= 4 is 5.69 Å². The van der Waals surface area contributed by atoms with Crippen LogP contribution in [0.5, 0.6) is 0 Å². The Kier molecular flexibility index (Phi) is 3.11. The Labute approximate surface area is 73.4 Å². The highest BCUT2D eigenvalue weighted by Gasteiger charge is 2.02. The molecule has 2 heteroatoms. The van der Waals surface area contributed by atoms with Crippen molar-refractivity contribution in [3.8, 4) is 0 Å². The molecule has 1 atom stereocenters. The van der Waals surface area contributed by atoms with Gasteiger partial charge in [-0.3, -0.25) is 0 Å². The number of likely N-dealkylation sites (N-methyl/N-ethyl adjacent to an activating group) is 1. The van der Waals surface area contributed by atoms with Gasteiger partial charge in [0.25, 0.3) is 0 Å². The van der Waals surface area contributed by atoms with E-state index in [1.807, 2.05) is 42.3 Å². The molecule has 0 bridgehead atoms. The van der Waals surface area contributed by atoms with Crippen LogP contribution < -0.4 is 4.90 Å². The molecule has 0 spiro atoms. The highest BCUT2D eigenvalue weighted by molar-refractivity contribution is 5.44. The second kappa shape index (κ2) is 4.12. The van der Waals surface area contributed by atoms with Gasteiger partial charge in [-0.15, -0.1) is 0 Å². The number of aliphatic hydroxyl groups is 1. The number of anilines is 1. The summed E-state index contributed by atoms with van der Waals surface area (Å²) in [6.07, 6.45) is -0.282. The molecular weight excluding hydrogens is 150 g/mol. The average molecular weight is 165 g/mol. The van der Waals surface area contributed by atoms with E-state index < -0.39 is 0 Å². The van der Waals surface area contributed by atoms with Crippen LogP contribution in [0.1, 0.15) is 6.92 Å². The van der Waals surface area contributed by atoms with Crippen molar-refractivity contribution in [3.05, 3.63) is 30.3 Å². The monoisotopic (exact) mass is 165 g/mol. The van der Waals surface area contributed by atoms with Crippen LogP contribution >= 0.6 is 0 Å². The van der Waals surface area contributed by atoms with Crippen molar-refractivity contribution < 1.29 is 5.11 Å². The number of rotatable bonds is 3. The van der Waals surface area contributed by atoms with Crippen LogP contribution in [-0.2, 0) is 0 Å². The smallest absolute Gasteiger partial charge is 0.0686 e. The van der Waals surface area contributed by atoms with E-state index in [-0.39, 0.29) is 6.10 Å². The van der Waals surface area contributed by atoms with E-state index in [1.54, 1.807) is 6.92 Å². The molecule has 0 aliphatic carbocycles. The van der Waals surface area contributed by atoms with E-state index in [9.17, 15) is 0 Å². The zero-order valence-corrected chi connectivity index (χ0v) is 7.57. The quantitative estimate of drug-likeness (QED) is 0.733. The maximum absolute atomic E-state index is 9.14. The first-order valence-corrected chi connectivity index (χ1v) is 4.14. The molecule has 12 heavy (non-hydrogen) atoms. The molecule has 0 heterocycles. The van der Waals surface area contributed by atoms with Gasteiger partial charge in [-0.1, -0.05) is 18.2 Å². The fourth-order valence-corrected chi connectivity index (χ4v) is 1.18. The van der Waals surface area contributed by atoms with Crippen LogP contribution in [0.25, 0.3) is 0 Å². The predicted octanol–water partition coefficient (Wildman–Crippen LogP) is 1.50. The molecule has 0 amide bonds. The third kappa shape index (κ3) is 2.55. The lowest BCUT2D eigenvalue weighted by Crippen LogP contribution is -2.26. The summed E-state index contributed by atoms with van der Waals surface area (Å²) in [6, 6.07) is 10.0. The number of benzene rings is 1. The third-order valence-electron chi connectivity index (χ3n) is 1.74. The Hall–Kier alpha value is -1.02. The number of hydrogen-bond donors (Lipinski definition) is 1. The van der Waals surface area contributed by atoms with E-state index in [0.29, 0.717) is 6.54 Å². The lowest BCUT2D eigenvalue weighted by atomic mass is 10.3. The zero-order valence-electron chi connectivity index (χ0n) is 7.57. The van der Waals surface area contributed by atoms with Crippen LogP contribution in [0.4, 0.5) is 5.69 Å². The van der Waals surface area contributed by atoms with Crippen molar-refractivity contribution in [2.75, 3.05) is 18.5 Å². The molecule has 1 rings (SSSR count). The Balaban J connectivity index is 2.59. The fourth-order valence-electron chi connectivity index (χ4n) is 1.18. The third-order valence-corrected chi connectivity index (χ3v) is 1.74. The van der Waals surface area contributed by atoms with E-state index in [2.05, 4.69) is 0 Å². The molecule has 2 nitrogen and oxygen atoms in total. The summed E-state index contributed by atoms with van der Waals surface area (Å²) >= 11 is 0. The maximum Gasteiger partial charge on any atom is 0.0686 e. The second-order valence-corrected chi connectivity index (χ2v) is 3.07. The normalized spacial score (nSPS) is 12.6. The Morgan fingerprint density at radius 3 is 2.42 bits per heavy atom. The zero-order chi connectivity index (χ0) is 8.97. The summed E-state index contributed by atoms with van der Waals surface area (Å²) in [4.78, 5) is 2.03. The molecule has 0 fully saturated rings.